The molecule has 36 heavy (non-hydrogen) atoms. The van der Waals surface area contributed by atoms with Crippen LogP contribution in [0.15, 0.2) is 81.3 Å². The Morgan fingerprint density at radius 3 is 2.53 bits per heavy atom. The predicted molar refractivity (Wildman–Crippen MR) is 136 cm³/mol. The summed E-state index contributed by atoms with van der Waals surface area (Å²) in [7, 11) is -4.27. The van der Waals surface area contributed by atoms with E-state index in [9.17, 15) is 17.6 Å². The maximum absolute atomic E-state index is 14.5. The van der Waals surface area contributed by atoms with E-state index in [2.05, 4.69) is 5.10 Å². The topological polar surface area (TPSA) is 83.2 Å². The maximum Gasteiger partial charge on any atom is 0.258 e. The van der Waals surface area contributed by atoms with Crippen LogP contribution >= 0.6 is 11.6 Å². The van der Waals surface area contributed by atoms with Crippen LogP contribution in [-0.2, 0) is 14.8 Å². The molecule has 4 rings (SSSR count). The van der Waals surface area contributed by atoms with E-state index < -0.39 is 39.2 Å². The summed E-state index contributed by atoms with van der Waals surface area (Å²) in [6.45, 7) is 3.47. The molecule has 1 aliphatic heterocycles. The second-order valence-electron chi connectivity index (χ2n) is 8.98. The average molecular weight is 532 g/mol. The van der Waals surface area contributed by atoms with E-state index in [1.54, 1.807) is 24.3 Å². The molecule has 0 bridgehead atoms. The Hall–Kier alpha value is -3.01. The fraction of sp³-hybridized carbons (Fsp3) is 0.308. The van der Waals surface area contributed by atoms with Crippen LogP contribution in [0, 0.1) is 11.7 Å². The van der Waals surface area contributed by atoms with E-state index in [1.165, 1.54) is 29.5 Å². The number of rotatable bonds is 9. The van der Waals surface area contributed by atoms with Gasteiger partial charge >= 0.3 is 0 Å². The highest BCUT2D eigenvalue weighted by molar-refractivity contribution is 7.89. The number of amides is 1. The summed E-state index contributed by atoms with van der Waals surface area (Å²) in [4.78, 5) is 13.1. The monoisotopic (exact) mass is 531 g/mol. The Kier molecular flexibility index (Phi) is 7.92. The molecule has 1 atom stereocenters. The number of benzene rings is 2. The lowest BCUT2D eigenvalue weighted by molar-refractivity contribution is -0.133. The molecular formula is C26H27ClFN3O4S. The third kappa shape index (κ3) is 5.69. The van der Waals surface area contributed by atoms with E-state index in [1.807, 2.05) is 26.0 Å². The molecular weight excluding hydrogens is 505 g/mol. The van der Waals surface area contributed by atoms with Gasteiger partial charge in [-0.3, -0.25) is 4.79 Å². The Morgan fingerprint density at radius 1 is 1.17 bits per heavy atom. The molecule has 0 radical (unpaired) electrons. The number of halogens is 2. The summed E-state index contributed by atoms with van der Waals surface area (Å²) in [5, 5.41) is 6.39. The van der Waals surface area contributed by atoms with Crippen molar-refractivity contribution >= 4 is 33.2 Å². The van der Waals surface area contributed by atoms with Crippen molar-refractivity contribution in [1.82, 2.24) is 9.31 Å². The van der Waals surface area contributed by atoms with Crippen LogP contribution < -0.4 is 0 Å². The lowest BCUT2D eigenvalue weighted by atomic mass is 10.0. The van der Waals surface area contributed by atoms with E-state index in [0.29, 0.717) is 29.3 Å². The van der Waals surface area contributed by atoms with Gasteiger partial charge in [0.05, 0.1) is 18.5 Å². The Bertz CT molecular complexity index is 1340. The third-order valence-corrected chi connectivity index (χ3v) is 8.07. The zero-order chi connectivity index (χ0) is 25.9. The number of sulfonamides is 1. The molecule has 0 N–H and O–H groups in total. The highest BCUT2D eigenvalue weighted by Gasteiger charge is 2.37. The van der Waals surface area contributed by atoms with Crippen LogP contribution in [0.5, 0.6) is 0 Å². The summed E-state index contributed by atoms with van der Waals surface area (Å²) >= 11 is 6.01. The number of hydrazone groups is 1. The molecule has 1 aromatic heterocycles. The first-order chi connectivity index (χ1) is 17.2. The van der Waals surface area contributed by atoms with Crippen molar-refractivity contribution in [2.24, 2.45) is 11.0 Å². The first kappa shape index (κ1) is 26.1. The minimum atomic E-state index is -4.27. The number of carbonyl (C=O) groups is 1. The van der Waals surface area contributed by atoms with Gasteiger partial charge in [0.15, 0.2) is 0 Å². The molecule has 7 nitrogen and oxygen atoms in total. The van der Waals surface area contributed by atoms with Crippen molar-refractivity contribution in [1.29, 1.82) is 0 Å². The standard InChI is InChI=1S/C26H27ClFN3O4S/c1-18(2)13-14-30(36(33,34)25-8-4-3-6-21(25)28)17-26(32)31-23(24-7-5-15-35-24)16-22(29-31)19-9-11-20(27)12-10-19/h3-12,15,18,23H,13-14,16-17H2,1-2H3. The van der Waals surface area contributed by atoms with Crippen LogP contribution in [0.3, 0.4) is 0 Å². The SMILES string of the molecule is CC(C)CCN(CC(=O)N1N=C(c2ccc(Cl)cc2)CC1c1ccco1)S(=O)(=O)c1ccccc1F. The molecule has 0 saturated heterocycles. The fourth-order valence-electron chi connectivity index (χ4n) is 3.96. The van der Waals surface area contributed by atoms with E-state index in [-0.39, 0.29) is 12.5 Å². The molecule has 0 saturated carbocycles. The van der Waals surface area contributed by atoms with Gasteiger partial charge < -0.3 is 4.42 Å². The van der Waals surface area contributed by atoms with Crippen molar-refractivity contribution in [2.45, 2.75) is 37.6 Å². The van der Waals surface area contributed by atoms with Crippen LogP contribution in [0.2, 0.25) is 5.02 Å². The third-order valence-electron chi connectivity index (χ3n) is 5.94. The summed E-state index contributed by atoms with van der Waals surface area (Å²) in [5.41, 5.74) is 1.44. The lowest BCUT2D eigenvalue weighted by Crippen LogP contribution is -2.42. The van der Waals surface area contributed by atoms with Gasteiger partial charge in [0, 0.05) is 18.0 Å². The molecule has 2 aromatic carbocycles. The minimum absolute atomic E-state index is 0.0626. The van der Waals surface area contributed by atoms with Crippen molar-refractivity contribution in [2.75, 3.05) is 13.1 Å². The van der Waals surface area contributed by atoms with Gasteiger partial charge in [0.1, 0.15) is 22.5 Å². The van der Waals surface area contributed by atoms with Gasteiger partial charge in [-0.25, -0.2) is 17.8 Å². The molecule has 10 heteroatoms. The first-order valence-corrected chi connectivity index (χ1v) is 13.4. The van der Waals surface area contributed by atoms with Gasteiger partial charge in [-0.15, -0.1) is 0 Å². The second-order valence-corrected chi connectivity index (χ2v) is 11.3. The number of hydrogen-bond donors (Lipinski definition) is 0. The summed E-state index contributed by atoms with van der Waals surface area (Å²) in [6, 6.07) is 15.2. The minimum Gasteiger partial charge on any atom is -0.467 e. The molecule has 1 amide bonds. The summed E-state index contributed by atoms with van der Waals surface area (Å²) < 4.78 is 47.8. The maximum atomic E-state index is 14.5. The lowest BCUT2D eigenvalue weighted by Gasteiger charge is -2.26. The van der Waals surface area contributed by atoms with Gasteiger partial charge in [-0.2, -0.15) is 9.41 Å². The van der Waals surface area contributed by atoms with Crippen LogP contribution in [0.4, 0.5) is 4.39 Å². The van der Waals surface area contributed by atoms with Gasteiger partial charge in [0.25, 0.3) is 5.91 Å². The van der Waals surface area contributed by atoms with Crippen LogP contribution in [0.1, 0.15) is 44.1 Å². The molecule has 1 aliphatic rings. The molecule has 0 spiro atoms. The summed E-state index contributed by atoms with van der Waals surface area (Å²) in [6.07, 6.45) is 2.39. The average Bonchev–Trinajstić information content (AvgIpc) is 3.52. The highest BCUT2D eigenvalue weighted by Crippen LogP contribution is 2.34. The van der Waals surface area contributed by atoms with Gasteiger partial charge in [-0.1, -0.05) is 49.7 Å². The molecule has 0 aliphatic carbocycles. The Labute approximate surface area is 215 Å². The van der Waals surface area contributed by atoms with Gasteiger partial charge in [0.2, 0.25) is 10.0 Å². The number of carbonyl (C=O) groups excluding carboxylic acids is 1. The van der Waals surface area contributed by atoms with Crippen molar-refractivity contribution in [3.05, 3.63) is 89.1 Å². The number of furan rings is 1. The Balaban J connectivity index is 1.66. The smallest absolute Gasteiger partial charge is 0.258 e. The molecule has 2 heterocycles. The van der Waals surface area contributed by atoms with E-state index in [4.69, 9.17) is 16.0 Å². The quantitative estimate of drug-likeness (QED) is 0.365. The van der Waals surface area contributed by atoms with Crippen LogP contribution in [-0.4, -0.2) is 42.4 Å². The fourth-order valence-corrected chi connectivity index (χ4v) is 5.56. The predicted octanol–water partition coefficient (Wildman–Crippen LogP) is 5.49. The molecule has 0 fully saturated rings. The van der Waals surface area contributed by atoms with Crippen molar-refractivity contribution < 1.29 is 22.0 Å². The first-order valence-electron chi connectivity index (χ1n) is 11.6. The van der Waals surface area contributed by atoms with Crippen LogP contribution in [0.25, 0.3) is 0 Å². The van der Waals surface area contributed by atoms with Crippen molar-refractivity contribution in [3.63, 3.8) is 0 Å². The molecule has 1 unspecified atom stereocenters. The van der Waals surface area contributed by atoms with E-state index >= 15 is 0 Å². The number of nitrogens with zero attached hydrogens (tertiary/aromatic N) is 3. The van der Waals surface area contributed by atoms with E-state index in [0.717, 1.165) is 15.9 Å². The highest BCUT2D eigenvalue weighted by atomic mass is 35.5. The summed E-state index contributed by atoms with van der Waals surface area (Å²) in [5.74, 6) is -0.696. The second kappa shape index (κ2) is 10.9. The van der Waals surface area contributed by atoms with Gasteiger partial charge in [-0.05, 0) is 54.3 Å². The zero-order valence-electron chi connectivity index (χ0n) is 20.0. The normalized spacial score (nSPS) is 16.1. The number of hydrogen-bond acceptors (Lipinski definition) is 5. The Morgan fingerprint density at radius 2 is 1.89 bits per heavy atom. The zero-order valence-corrected chi connectivity index (χ0v) is 21.5. The van der Waals surface area contributed by atoms with Crippen molar-refractivity contribution in [3.8, 4) is 0 Å². The molecule has 190 valence electrons. The largest absolute Gasteiger partial charge is 0.467 e. The molecule has 3 aromatic rings.